The molecule has 4 rings (SSSR count). The molecule has 0 bridgehead atoms. The fourth-order valence-corrected chi connectivity index (χ4v) is 6.34. The predicted octanol–water partition coefficient (Wildman–Crippen LogP) is 6.20. The molecule has 1 aliphatic carbocycles. The number of halogens is 2. The number of benzene rings is 2. The molecular formula is C26H26F2N2O6S2. The van der Waals surface area contributed by atoms with Gasteiger partial charge in [-0.2, -0.15) is 8.42 Å². The van der Waals surface area contributed by atoms with E-state index in [1.54, 1.807) is 12.1 Å². The third-order valence-corrected chi connectivity index (χ3v) is 8.65. The quantitative estimate of drug-likeness (QED) is 0.335. The number of aromatic nitrogens is 1. The fourth-order valence-electron chi connectivity index (χ4n) is 4.16. The van der Waals surface area contributed by atoms with Gasteiger partial charge in [0.25, 0.3) is 10.0 Å². The van der Waals surface area contributed by atoms with Gasteiger partial charge in [0.1, 0.15) is 16.6 Å². The lowest BCUT2D eigenvalue weighted by molar-refractivity contribution is 0.0691. The van der Waals surface area contributed by atoms with Gasteiger partial charge in [-0.05, 0) is 42.4 Å². The lowest BCUT2D eigenvalue weighted by atomic mass is 9.77. The average Bonchev–Trinajstić information content (AvgIpc) is 3.35. The number of methoxy groups -OCH3 is 2. The van der Waals surface area contributed by atoms with Crippen LogP contribution in [0.2, 0.25) is 0 Å². The summed E-state index contributed by atoms with van der Waals surface area (Å²) in [4.78, 5) is 15.3. The molecule has 202 valence electrons. The van der Waals surface area contributed by atoms with E-state index in [0.717, 1.165) is 42.2 Å². The molecule has 8 nitrogen and oxygen atoms in total. The number of nitrogens with zero attached hydrogens (tertiary/aromatic N) is 1. The first-order chi connectivity index (χ1) is 17.9. The first kappa shape index (κ1) is 27.5. The molecule has 2 aromatic carbocycles. The van der Waals surface area contributed by atoms with Crippen molar-refractivity contribution >= 4 is 38.6 Å². The summed E-state index contributed by atoms with van der Waals surface area (Å²) < 4.78 is 68.3. The maximum atomic E-state index is 15.5. The lowest BCUT2D eigenvalue weighted by Crippen LogP contribution is -2.15. The molecule has 0 aliphatic heterocycles. The first-order valence-electron chi connectivity index (χ1n) is 11.5. The highest BCUT2D eigenvalue weighted by Gasteiger charge is 2.27. The molecule has 0 saturated heterocycles. The Morgan fingerprint density at radius 2 is 1.87 bits per heavy atom. The smallest absolute Gasteiger partial charge is 0.338 e. The summed E-state index contributed by atoms with van der Waals surface area (Å²) in [5.41, 5.74) is 0.799. The van der Waals surface area contributed by atoms with Crippen molar-refractivity contribution in [1.82, 2.24) is 4.98 Å². The van der Waals surface area contributed by atoms with E-state index in [0.29, 0.717) is 11.6 Å². The van der Waals surface area contributed by atoms with Gasteiger partial charge in [0, 0.05) is 17.0 Å². The molecule has 0 unspecified atom stereocenters. The molecule has 38 heavy (non-hydrogen) atoms. The Bertz CT molecular complexity index is 1550. The third-order valence-electron chi connectivity index (χ3n) is 6.37. The average molecular weight is 565 g/mol. The van der Waals surface area contributed by atoms with Crippen molar-refractivity contribution in [3.8, 4) is 22.1 Å². The number of nitrogens with one attached hydrogen (secondary N) is 1. The zero-order valence-corrected chi connectivity index (χ0v) is 22.7. The van der Waals surface area contributed by atoms with Crippen LogP contribution in [0.3, 0.4) is 0 Å². The van der Waals surface area contributed by atoms with E-state index in [1.807, 2.05) is 6.08 Å². The van der Waals surface area contributed by atoms with Crippen LogP contribution in [-0.2, 0) is 10.0 Å². The zero-order chi connectivity index (χ0) is 27.8. The Kier molecular flexibility index (Phi) is 7.48. The summed E-state index contributed by atoms with van der Waals surface area (Å²) in [5.74, 6) is -3.47. The molecule has 0 fully saturated rings. The Labute approximate surface area is 223 Å². The largest absolute Gasteiger partial charge is 0.495 e. The van der Waals surface area contributed by atoms with Gasteiger partial charge in [0.05, 0.1) is 31.0 Å². The van der Waals surface area contributed by atoms with Crippen molar-refractivity contribution < 1.29 is 36.6 Å². The summed E-state index contributed by atoms with van der Waals surface area (Å²) in [6, 6.07) is 4.87. The number of ether oxygens (including phenoxy) is 2. The maximum absolute atomic E-state index is 15.5. The Balaban J connectivity index is 1.66. The second-order valence-corrected chi connectivity index (χ2v) is 12.0. The monoisotopic (exact) mass is 564 g/mol. The molecule has 1 aromatic heterocycles. The molecule has 2 N–H and O–H groups in total. The highest BCUT2D eigenvalue weighted by Crippen LogP contribution is 2.43. The number of sulfonamides is 1. The van der Waals surface area contributed by atoms with Gasteiger partial charge in [-0.25, -0.2) is 18.6 Å². The van der Waals surface area contributed by atoms with Gasteiger partial charge in [0.2, 0.25) is 0 Å². The van der Waals surface area contributed by atoms with Crippen molar-refractivity contribution in [2.75, 3.05) is 18.9 Å². The normalized spacial score (nSPS) is 15.1. The summed E-state index contributed by atoms with van der Waals surface area (Å²) in [7, 11) is -1.82. The summed E-state index contributed by atoms with van der Waals surface area (Å²) in [6.07, 6.45) is 4.53. The molecular weight excluding hydrogens is 538 g/mol. The van der Waals surface area contributed by atoms with Crippen LogP contribution in [-0.4, -0.2) is 38.7 Å². The van der Waals surface area contributed by atoms with Crippen LogP contribution in [0, 0.1) is 17.0 Å². The minimum atomic E-state index is -4.34. The number of carbonyl (C=O) groups is 1. The van der Waals surface area contributed by atoms with Crippen molar-refractivity contribution in [3.63, 3.8) is 0 Å². The Morgan fingerprint density at radius 3 is 2.47 bits per heavy atom. The third kappa shape index (κ3) is 5.37. The van der Waals surface area contributed by atoms with Gasteiger partial charge >= 0.3 is 5.97 Å². The standard InChI is InChI=1S/C26H26F2N2O6S2/c1-26(2)9-7-14(8-10-26)15-5-6-16(23(36-4)22(15)28)24-29-21(13-37-24)38(33,34)30-19-12-18(27)17(25(31)32)11-20(19)35-3/h5-7,11-13,30H,8-10H2,1-4H3,(H,31,32). The summed E-state index contributed by atoms with van der Waals surface area (Å²) >= 11 is 0.964. The first-order valence-corrected chi connectivity index (χ1v) is 13.9. The van der Waals surface area contributed by atoms with E-state index in [4.69, 9.17) is 14.6 Å². The van der Waals surface area contributed by atoms with Gasteiger partial charge in [-0.15, -0.1) is 11.3 Å². The van der Waals surface area contributed by atoms with Gasteiger partial charge in [0.15, 0.2) is 16.6 Å². The number of allylic oxidation sites excluding steroid dienone is 2. The van der Waals surface area contributed by atoms with Crippen molar-refractivity contribution in [3.05, 3.63) is 58.5 Å². The van der Waals surface area contributed by atoms with Crippen LogP contribution in [0.1, 0.15) is 49.0 Å². The van der Waals surface area contributed by atoms with Crippen LogP contribution in [0.4, 0.5) is 14.5 Å². The fraction of sp³-hybridized carbons (Fsp3) is 0.308. The van der Waals surface area contributed by atoms with Crippen molar-refractivity contribution in [1.29, 1.82) is 0 Å². The predicted molar refractivity (Wildman–Crippen MR) is 140 cm³/mol. The molecule has 0 radical (unpaired) electrons. The van der Waals surface area contributed by atoms with E-state index in [9.17, 15) is 17.6 Å². The van der Waals surface area contributed by atoms with Crippen LogP contribution in [0.25, 0.3) is 16.1 Å². The minimum Gasteiger partial charge on any atom is -0.495 e. The molecule has 0 saturated carbocycles. The van der Waals surface area contributed by atoms with Crippen LogP contribution in [0.15, 0.2) is 40.7 Å². The number of hydrogen-bond acceptors (Lipinski definition) is 7. The number of anilines is 1. The highest BCUT2D eigenvalue weighted by molar-refractivity contribution is 7.92. The second-order valence-electron chi connectivity index (χ2n) is 9.54. The van der Waals surface area contributed by atoms with Gasteiger partial charge in [-0.1, -0.05) is 26.0 Å². The van der Waals surface area contributed by atoms with Crippen molar-refractivity contribution in [2.24, 2.45) is 5.41 Å². The van der Waals surface area contributed by atoms with Crippen LogP contribution >= 0.6 is 11.3 Å². The number of rotatable bonds is 8. The Morgan fingerprint density at radius 1 is 1.16 bits per heavy atom. The van der Waals surface area contributed by atoms with Gasteiger partial charge < -0.3 is 14.6 Å². The van der Waals surface area contributed by atoms with E-state index < -0.39 is 38.2 Å². The highest BCUT2D eigenvalue weighted by atomic mass is 32.2. The Hall–Kier alpha value is -3.51. The lowest BCUT2D eigenvalue weighted by Gasteiger charge is -2.29. The number of hydrogen-bond donors (Lipinski definition) is 2. The molecule has 1 aliphatic rings. The van der Waals surface area contributed by atoms with Crippen molar-refractivity contribution in [2.45, 2.75) is 38.1 Å². The van der Waals surface area contributed by atoms with E-state index in [2.05, 4.69) is 23.6 Å². The number of thiazole rings is 1. The second kappa shape index (κ2) is 10.3. The van der Waals surface area contributed by atoms with Crippen LogP contribution < -0.4 is 14.2 Å². The van der Waals surface area contributed by atoms with Crippen LogP contribution in [0.5, 0.6) is 11.5 Å². The topological polar surface area (TPSA) is 115 Å². The SMILES string of the molecule is COc1cc(C(=O)O)c(F)cc1NS(=O)(=O)c1csc(-c2ccc(C3=CCC(C)(C)CC3)c(F)c2OC)n1. The van der Waals surface area contributed by atoms with E-state index in [1.165, 1.54) is 19.6 Å². The summed E-state index contributed by atoms with van der Waals surface area (Å²) in [5, 5.41) is 10.1. The molecule has 0 atom stereocenters. The molecule has 0 amide bonds. The molecule has 1 heterocycles. The zero-order valence-electron chi connectivity index (χ0n) is 21.1. The summed E-state index contributed by atoms with van der Waals surface area (Å²) in [6.45, 7) is 4.34. The number of carboxylic acids is 1. The molecule has 12 heteroatoms. The van der Waals surface area contributed by atoms with Gasteiger partial charge in [-0.3, -0.25) is 4.72 Å². The minimum absolute atomic E-state index is 0.0486. The molecule has 3 aromatic rings. The van der Waals surface area contributed by atoms with E-state index >= 15 is 4.39 Å². The van der Waals surface area contributed by atoms with E-state index in [-0.39, 0.29) is 33.2 Å². The maximum Gasteiger partial charge on any atom is 0.338 e. The number of carboxylic acid groups (broad SMARTS) is 1. The molecule has 0 spiro atoms. The number of aromatic carboxylic acids is 1.